The first kappa shape index (κ1) is 34.0. The van der Waals surface area contributed by atoms with Crippen LogP contribution >= 0.6 is 0 Å². The number of phenolic OH excluding ortho intramolecular Hbond substituents is 1. The largest absolute Gasteiger partial charge is 0.508 e. The van der Waals surface area contributed by atoms with Crippen molar-refractivity contribution in [3.8, 4) is 11.8 Å². The van der Waals surface area contributed by atoms with Crippen LogP contribution in [0.3, 0.4) is 0 Å². The monoisotopic (exact) mass is 739 g/mol. The van der Waals surface area contributed by atoms with Gasteiger partial charge in [0.1, 0.15) is 30.2 Å². The number of fused-ring (bicyclic) bond motifs is 6. The van der Waals surface area contributed by atoms with E-state index < -0.39 is 6.17 Å². The lowest BCUT2D eigenvalue weighted by molar-refractivity contribution is 0.0709. The Balaban J connectivity index is 0.996. The second-order valence-corrected chi connectivity index (χ2v) is 16.2. The highest BCUT2D eigenvalue weighted by Crippen LogP contribution is 2.42. The number of hydrogen-bond donors (Lipinski definition) is 2. The molecule has 14 heteroatoms. The van der Waals surface area contributed by atoms with Crippen LogP contribution in [0, 0.1) is 5.82 Å². The number of nitrogens with zero attached hydrogens (tertiary/aromatic N) is 8. The van der Waals surface area contributed by atoms with Gasteiger partial charge in [-0.2, -0.15) is 15.1 Å². The molecule has 0 saturated carbocycles. The number of carbonyl (C=O) groups is 1. The van der Waals surface area contributed by atoms with E-state index in [-0.39, 0.29) is 35.1 Å². The maximum Gasteiger partial charge on any atom is 0.318 e. The number of halogens is 2. The Bertz CT molecular complexity index is 2150. The summed E-state index contributed by atoms with van der Waals surface area (Å²) >= 11 is 0. The minimum Gasteiger partial charge on any atom is -0.508 e. The SMILES string of the molecule is CCc1c(F)ccc2cc(O)cc(N3CCc4c(nc(OC[C@@]56CCCN5C[C@H](F)C6)nc4N4CCCn5nc(C(=O)N6CC7CC6CN7)cc5C4)C3)c12. The fraction of sp³-hybridized carbons (Fsp3) is 0.550. The van der Waals surface area contributed by atoms with Crippen LogP contribution in [0.25, 0.3) is 10.8 Å². The lowest BCUT2D eigenvalue weighted by Crippen LogP contribution is -2.46. The maximum atomic E-state index is 15.2. The van der Waals surface area contributed by atoms with Crippen molar-refractivity contribution in [2.24, 2.45) is 0 Å². The van der Waals surface area contributed by atoms with E-state index in [1.807, 2.05) is 22.6 Å². The number of piperazine rings is 1. The summed E-state index contributed by atoms with van der Waals surface area (Å²) in [6, 6.07) is 9.43. The van der Waals surface area contributed by atoms with Gasteiger partial charge in [-0.1, -0.05) is 13.0 Å². The van der Waals surface area contributed by atoms with Crippen molar-refractivity contribution in [2.45, 2.75) is 95.3 Å². The second kappa shape index (κ2) is 13.0. The fourth-order valence-corrected chi connectivity index (χ4v) is 10.3. The maximum absolute atomic E-state index is 15.2. The first-order chi connectivity index (χ1) is 26.2. The number of likely N-dealkylation sites (tertiary alicyclic amines) is 1. The molecule has 2 unspecified atom stereocenters. The molecule has 1 amide bonds. The molecule has 2 N–H and O–H groups in total. The third-order valence-electron chi connectivity index (χ3n) is 12.9. The van der Waals surface area contributed by atoms with Gasteiger partial charge in [-0.25, -0.2) is 8.78 Å². The topological polar surface area (TPSA) is 115 Å². The summed E-state index contributed by atoms with van der Waals surface area (Å²) in [6.45, 7) is 8.13. The number of phenols is 1. The van der Waals surface area contributed by atoms with Gasteiger partial charge < -0.3 is 29.9 Å². The molecular weight excluding hydrogens is 692 g/mol. The predicted molar refractivity (Wildman–Crippen MR) is 199 cm³/mol. The minimum atomic E-state index is -0.867. The van der Waals surface area contributed by atoms with Crippen LogP contribution in [0.4, 0.5) is 20.3 Å². The number of anilines is 2. The van der Waals surface area contributed by atoms with E-state index in [1.54, 1.807) is 18.2 Å². The highest BCUT2D eigenvalue weighted by Gasteiger charge is 2.49. The van der Waals surface area contributed by atoms with E-state index >= 15 is 4.39 Å². The number of hydrogen-bond acceptors (Lipinski definition) is 10. The van der Waals surface area contributed by atoms with E-state index in [0.29, 0.717) is 75.9 Å². The van der Waals surface area contributed by atoms with Crippen molar-refractivity contribution in [3.05, 3.63) is 64.4 Å². The van der Waals surface area contributed by atoms with Gasteiger partial charge in [-0.15, -0.1) is 0 Å². The number of aromatic nitrogens is 4. The normalized spacial score (nSPS) is 26.4. The van der Waals surface area contributed by atoms with Gasteiger partial charge in [-0.3, -0.25) is 14.4 Å². The zero-order chi connectivity index (χ0) is 36.7. The molecule has 10 rings (SSSR count). The van der Waals surface area contributed by atoms with Gasteiger partial charge in [-0.05, 0) is 74.2 Å². The number of amides is 1. The van der Waals surface area contributed by atoms with Crippen molar-refractivity contribution in [1.29, 1.82) is 0 Å². The number of rotatable bonds is 7. The molecule has 8 heterocycles. The van der Waals surface area contributed by atoms with E-state index in [1.165, 1.54) is 6.07 Å². The molecule has 0 radical (unpaired) electrons. The highest BCUT2D eigenvalue weighted by atomic mass is 19.1. The lowest BCUT2D eigenvalue weighted by atomic mass is 9.95. The molecule has 0 spiro atoms. The van der Waals surface area contributed by atoms with Crippen molar-refractivity contribution in [3.63, 3.8) is 0 Å². The molecule has 4 fully saturated rings. The predicted octanol–water partition coefficient (Wildman–Crippen LogP) is 4.35. The standard InChI is InChI=1S/C40H47F2N9O3/c1-2-30-32(42)6-5-24-13-29(52)16-35(36(24)30)47-12-7-31-34(22-47)44-39(54-23-40-8-3-10-49(40)19-25(41)17-40)45-37(31)48-9-4-11-51-28(21-48)15-33(46-51)38(53)50-20-26-14-27(50)18-43-26/h5-6,13,15-16,25-27,43,52H,2-4,7-12,14,17-23H2,1H3/t25-,26?,27?,40+/m1/s1. The van der Waals surface area contributed by atoms with Gasteiger partial charge in [0.2, 0.25) is 0 Å². The smallest absolute Gasteiger partial charge is 0.318 e. The van der Waals surface area contributed by atoms with Crippen LogP contribution in [0.15, 0.2) is 30.3 Å². The number of nitrogens with one attached hydrogen (secondary N) is 1. The molecule has 6 aliphatic rings. The second-order valence-electron chi connectivity index (χ2n) is 16.2. The van der Waals surface area contributed by atoms with Gasteiger partial charge in [0.15, 0.2) is 5.69 Å². The summed E-state index contributed by atoms with van der Waals surface area (Å²) in [5, 5.41) is 20.7. The first-order valence-electron chi connectivity index (χ1n) is 19.7. The highest BCUT2D eigenvalue weighted by molar-refractivity contribution is 5.98. The number of benzene rings is 2. The van der Waals surface area contributed by atoms with Crippen LogP contribution in [0.5, 0.6) is 11.8 Å². The van der Waals surface area contributed by atoms with E-state index in [0.717, 1.165) is 91.1 Å². The summed E-state index contributed by atoms with van der Waals surface area (Å²) < 4.78 is 38.3. The zero-order valence-corrected chi connectivity index (χ0v) is 30.7. The van der Waals surface area contributed by atoms with Gasteiger partial charge in [0.05, 0.1) is 30.0 Å². The molecule has 4 aromatic rings. The molecule has 12 nitrogen and oxygen atoms in total. The van der Waals surface area contributed by atoms with Gasteiger partial charge in [0, 0.05) is 80.5 Å². The number of aromatic hydroxyl groups is 1. The molecule has 6 aliphatic heterocycles. The Kier molecular flexibility index (Phi) is 8.20. The van der Waals surface area contributed by atoms with E-state index in [2.05, 4.69) is 20.0 Å². The number of carbonyl (C=O) groups excluding carboxylic acids is 1. The Morgan fingerprint density at radius 3 is 2.81 bits per heavy atom. The van der Waals surface area contributed by atoms with Crippen LogP contribution in [-0.2, 0) is 32.5 Å². The summed E-state index contributed by atoms with van der Waals surface area (Å²) in [7, 11) is 0. The third-order valence-corrected chi connectivity index (χ3v) is 12.9. The van der Waals surface area contributed by atoms with E-state index in [9.17, 15) is 14.3 Å². The van der Waals surface area contributed by atoms with Gasteiger partial charge >= 0.3 is 6.01 Å². The summed E-state index contributed by atoms with van der Waals surface area (Å²) in [5.74, 6) is 0.670. The summed E-state index contributed by atoms with van der Waals surface area (Å²) in [6.07, 6.45) is 4.44. The molecular formula is C40H47F2N9O3. The number of alkyl halides is 1. The Morgan fingerprint density at radius 1 is 1.07 bits per heavy atom. The number of aryl methyl sites for hydroxylation is 2. The number of ether oxygens (including phenoxy) is 1. The van der Waals surface area contributed by atoms with Gasteiger partial charge in [0.25, 0.3) is 5.91 Å². The molecule has 2 aromatic carbocycles. The zero-order valence-electron chi connectivity index (χ0n) is 30.7. The van der Waals surface area contributed by atoms with Crippen LogP contribution in [0.2, 0.25) is 0 Å². The van der Waals surface area contributed by atoms with E-state index in [4.69, 9.17) is 19.8 Å². The fourth-order valence-electron chi connectivity index (χ4n) is 10.3. The lowest BCUT2D eigenvalue weighted by Gasteiger charge is -2.35. The first-order valence-corrected chi connectivity index (χ1v) is 19.7. The molecule has 4 atom stereocenters. The Morgan fingerprint density at radius 2 is 1.98 bits per heavy atom. The Labute approximate surface area is 313 Å². The van der Waals surface area contributed by atoms with Crippen LogP contribution in [0.1, 0.15) is 72.0 Å². The molecule has 54 heavy (non-hydrogen) atoms. The van der Waals surface area contributed by atoms with Crippen molar-refractivity contribution in [1.82, 2.24) is 34.9 Å². The summed E-state index contributed by atoms with van der Waals surface area (Å²) in [5.41, 5.74) is 4.34. The molecule has 4 saturated heterocycles. The molecule has 2 aromatic heterocycles. The van der Waals surface area contributed by atoms with Crippen LogP contribution in [-0.4, -0.2) is 110 Å². The molecule has 0 aliphatic carbocycles. The minimum absolute atomic E-state index is 0.000312. The third kappa shape index (κ3) is 5.66. The molecule has 2 bridgehead atoms. The average Bonchev–Trinajstić information content (AvgIpc) is 4.00. The Hall–Kier alpha value is -4.56. The average molecular weight is 740 g/mol. The molecule has 284 valence electrons. The van der Waals surface area contributed by atoms with Crippen LogP contribution < -0.4 is 19.9 Å². The quantitative estimate of drug-likeness (QED) is 0.284. The summed E-state index contributed by atoms with van der Waals surface area (Å²) in [4.78, 5) is 32.4. The van der Waals surface area contributed by atoms with Crippen molar-refractivity contribution >= 4 is 28.2 Å². The van der Waals surface area contributed by atoms with Crippen molar-refractivity contribution in [2.75, 3.05) is 55.7 Å². The van der Waals surface area contributed by atoms with Crippen molar-refractivity contribution < 1.29 is 23.4 Å².